The van der Waals surface area contributed by atoms with E-state index in [4.69, 9.17) is 11.6 Å². The van der Waals surface area contributed by atoms with E-state index >= 15 is 0 Å². The van der Waals surface area contributed by atoms with Crippen LogP contribution in [0.4, 0.5) is 0 Å². The van der Waals surface area contributed by atoms with Crippen LogP contribution >= 0.6 is 11.6 Å². The standard InChI is InChI=1S/C19H19ClN4O3S/c20-14-6-7-17-16(12-14)19(25)22-18(21-17)13-23-8-10-24(11-9-23)28(26,27)15-4-2-1-3-5-15/h1-7,12H,8-11,13H2,(H,21,22,25). The largest absolute Gasteiger partial charge is 0.309 e. The summed E-state index contributed by atoms with van der Waals surface area (Å²) >= 11 is 5.94. The van der Waals surface area contributed by atoms with Gasteiger partial charge in [-0.15, -0.1) is 0 Å². The van der Waals surface area contributed by atoms with Crippen molar-refractivity contribution in [2.45, 2.75) is 11.4 Å². The minimum absolute atomic E-state index is 0.229. The van der Waals surface area contributed by atoms with E-state index in [0.29, 0.717) is 59.4 Å². The zero-order valence-electron chi connectivity index (χ0n) is 15.0. The van der Waals surface area contributed by atoms with E-state index in [1.54, 1.807) is 48.5 Å². The smallest absolute Gasteiger partial charge is 0.258 e. The third kappa shape index (κ3) is 3.81. The zero-order valence-corrected chi connectivity index (χ0v) is 16.6. The Morgan fingerprint density at radius 1 is 1.04 bits per heavy atom. The summed E-state index contributed by atoms with van der Waals surface area (Å²) in [6.07, 6.45) is 0. The Kier molecular flexibility index (Phi) is 5.20. The van der Waals surface area contributed by atoms with E-state index in [-0.39, 0.29) is 5.56 Å². The maximum absolute atomic E-state index is 12.7. The Bertz CT molecular complexity index is 1160. The van der Waals surface area contributed by atoms with Gasteiger partial charge in [-0.05, 0) is 30.3 Å². The van der Waals surface area contributed by atoms with Crippen molar-refractivity contribution < 1.29 is 8.42 Å². The molecule has 1 aliphatic heterocycles. The van der Waals surface area contributed by atoms with Gasteiger partial charge in [0.05, 0.1) is 22.3 Å². The van der Waals surface area contributed by atoms with E-state index in [1.165, 1.54) is 4.31 Å². The zero-order chi connectivity index (χ0) is 19.7. The van der Waals surface area contributed by atoms with Gasteiger partial charge in [-0.25, -0.2) is 13.4 Å². The molecule has 0 atom stereocenters. The van der Waals surface area contributed by atoms with Gasteiger partial charge in [-0.3, -0.25) is 9.69 Å². The normalized spacial score (nSPS) is 16.5. The van der Waals surface area contributed by atoms with Gasteiger partial charge >= 0.3 is 0 Å². The summed E-state index contributed by atoms with van der Waals surface area (Å²) in [5.41, 5.74) is 0.362. The quantitative estimate of drug-likeness (QED) is 0.701. The third-order valence-electron chi connectivity index (χ3n) is 4.80. The molecule has 4 rings (SSSR count). The predicted molar refractivity (Wildman–Crippen MR) is 108 cm³/mol. The molecule has 7 nitrogen and oxygen atoms in total. The fourth-order valence-corrected chi connectivity index (χ4v) is 4.93. The van der Waals surface area contributed by atoms with Crippen LogP contribution in [0.15, 0.2) is 58.2 Å². The van der Waals surface area contributed by atoms with Gasteiger partial charge in [0.25, 0.3) is 5.56 Å². The number of sulfonamides is 1. The Balaban J connectivity index is 1.46. The van der Waals surface area contributed by atoms with Crippen LogP contribution in [0, 0.1) is 0 Å². The first-order valence-corrected chi connectivity index (χ1v) is 10.7. The van der Waals surface area contributed by atoms with Crippen LogP contribution in [0.2, 0.25) is 5.02 Å². The Labute approximate surface area is 167 Å². The molecule has 1 aromatic heterocycles. The lowest BCUT2D eigenvalue weighted by Crippen LogP contribution is -2.48. The molecular weight excluding hydrogens is 400 g/mol. The highest BCUT2D eigenvalue weighted by molar-refractivity contribution is 7.89. The minimum Gasteiger partial charge on any atom is -0.309 e. The predicted octanol–water partition coefficient (Wildman–Crippen LogP) is 2.08. The van der Waals surface area contributed by atoms with E-state index in [2.05, 4.69) is 14.9 Å². The van der Waals surface area contributed by atoms with Crippen molar-refractivity contribution in [1.29, 1.82) is 0 Å². The highest BCUT2D eigenvalue weighted by atomic mass is 35.5. The molecule has 2 aromatic carbocycles. The van der Waals surface area contributed by atoms with Crippen molar-refractivity contribution >= 4 is 32.5 Å². The molecule has 1 fully saturated rings. The maximum atomic E-state index is 12.7. The average Bonchev–Trinajstić information content (AvgIpc) is 2.70. The molecule has 146 valence electrons. The highest BCUT2D eigenvalue weighted by Crippen LogP contribution is 2.18. The molecule has 0 radical (unpaired) electrons. The number of nitrogens with one attached hydrogen (secondary N) is 1. The number of nitrogens with zero attached hydrogens (tertiary/aromatic N) is 3. The van der Waals surface area contributed by atoms with Gasteiger partial charge in [-0.2, -0.15) is 4.31 Å². The van der Waals surface area contributed by atoms with E-state index in [9.17, 15) is 13.2 Å². The number of hydrogen-bond acceptors (Lipinski definition) is 5. The monoisotopic (exact) mass is 418 g/mol. The lowest BCUT2D eigenvalue weighted by Gasteiger charge is -2.33. The lowest BCUT2D eigenvalue weighted by atomic mass is 10.2. The topological polar surface area (TPSA) is 86.4 Å². The van der Waals surface area contributed by atoms with Crippen LogP contribution in [-0.2, 0) is 16.6 Å². The van der Waals surface area contributed by atoms with Crippen molar-refractivity contribution in [3.63, 3.8) is 0 Å². The van der Waals surface area contributed by atoms with E-state index < -0.39 is 10.0 Å². The van der Waals surface area contributed by atoms with Crippen LogP contribution < -0.4 is 5.56 Å². The Morgan fingerprint density at radius 2 is 1.75 bits per heavy atom. The van der Waals surface area contributed by atoms with Crippen LogP contribution in [0.5, 0.6) is 0 Å². The van der Waals surface area contributed by atoms with Crippen LogP contribution in [-0.4, -0.2) is 53.8 Å². The molecule has 0 unspecified atom stereocenters. The minimum atomic E-state index is -3.48. The first-order chi connectivity index (χ1) is 13.4. The summed E-state index contributed by atoms with van der Waals surface area (Å²) in [7, 11) is -3.48. The van der Waals surface area contributed by atoms with Gasteiger partial charge in [0.1, 0.15) is 5.82 Å². The fourth-order valence-electron chi connectivity index (χ4n) is 3.32. The number of aromatic amines is 1. The second-order valence-electron chi connectivity index (χ2n) is 6.67. The van der Waals surface area contributed by atoms with Crippen molar-refractivity contribution in [3.05, 3.63) is 69.7 Å². The van der Waals surface area contributed by atoms with Crippen molar-refractivity contribution in [2.24, 2.45) is 0 Å². The number of piperazine rings is 1. The summed E-state index contributed by atoms with van der Waals surface area (Å²) in [6.45, 7) is 2.37. The van der Waals surface area contributed by atoms with Gasteiger partial charge in [0.2, 0.25) is 10.0 Å². The first kappa shape index (κ1) is 19.1. The molecule has 3 aromatic rings. The molecule has 9 heteroatoms. The second kappa shape index (κ2) is 7.63. The molecule has 0 amide bonds. The number of benzene rings is 2. The first-order valence-electron chi connectivity index (χ1n) is 8.89. The summed E-state index contributed by atoms with van der Waals surface area (Å²) in [5.74, 6) is 0.555. The number of halogens is 1. The number of hydrogen-bond donors (Lipinski definition) is 1. The molecule has 28 heavy (non-hydrogen) atoms. The van der Waals surface area contributed by atoms with Crippen LogP contribution in [0.1, 0.15) is 5.82 Å². The van der Waals surface area contributed by atoms with Gasteiger partial charge in [0, 0.05) is 31.2 Å². The molecule has 0 aliphatic carbocycles. The lowest BCUT2D eigenvalue weighted by molar-refractivity contribution is 0.178. The molecule has 0 bridgehead atoms. The molecule has 2 heterocycles. The number of aromatic nitrogens is 2. The third-order valence-corrected chi connectivity index (χ3v) is 6.95. The molecule has 1 aliphatic rings. The number of fused-ring (bicyclic) bond motifs is 1. The number of H-pyrrole nitrogens is 1. The van der Waals surface area contributed by atoms with E-state index in [1.807, 2.05) is 0 Å². The Hall–Kier alpha value is -2.26. The van der Waals surface area contributed by atoms with Crippen LogP contribution in [0.25, 0.3) is 10.9 Å². The van der Waals surface area contributed by atoms with E-state index in [0.717, 1.165) is 0 Å². The second-order valence-corrected chi connectivity index (χ2v) is 9.04. The Morgan fingerprint density at radius 3 is 2.46 bits per heavy atom. The summed E-state index contributed by atoms with van der Waals surface area (Å²) in [5, 5.41) is 0.943. The molecule has 0 spiro atoms. The average molecular weight is 419 g/mol. The van der Waals surface area contributed by atoms with Crippen molar-refractivity contribution in [1.82, 2.24) is 19.2 Å². The molecule has 1 N–H and O–H groups in total. The molecular formula is C19H19ClN4O3S. The SMILES string of the molecule is O=c1[nH]c(CN2CCN(S(=O)(=O)c3ccccc3)CC2)nc2ccc(Cl)cc12. The van der Waals surface area contributed by atoms with Crippen molar-refractivity contribution in [2.75, 3.05) is 26.2 Å². The number of rotatable bonds is 4. The van der Waals surface area contributed by atoms with Gasteiger partial charge < -0.3 is 4.98 Å². The molecule has 0 saturated carbocycles. The summed E-state index contributed by atoms with van der Waals surface area (Å²) < 4.78 is 26.9. The van der Waals surface area contributed by atoms with Gasteiger partial charge in [0.15, 0.2) is 0 Å². The molecule has 1 saturated heterocycles. The highest BCUT2D eigenvalue weighted by Gasteiger charge is 2.28. The van der Waals surface area contributed by atoms with Gasteiger partial charge in [-0.1, -0.05) is 29.8 Å². The summed E-state index contributed by atoms with van der Waals surface area (Å²) in [6, 6.07) is 13.5. The van der Waals surface area contributed by atoms with Crippen molar-refractivity contribution in [3.8, 4) is 0 Å². The summed E-state index contributed by atoms with van der Waals surface area (Å²) in [4.78, 5) is 22.0. The van der Waals surface area contributed by atoms with Crippen LogP contribution in [0.3, 0.4) is 0 Å². The fraction of sp³-hybridized carbons (Fsp3) is 0.263. The maximum Gasteiger partial charge on any atom is 0.258 e.